The van der Waals surface area contributed by atoms with Gasteiger partial charge in [-0.05, 0) is 67.7 Å². The Morgan fingerprint density at radius 1 is 1.02 bits per heavy atom. The zero-order valence-electron chi connectivity index (χ0n) is 24.6. The first-order valence-corrected chi connectivity index (χ1v) is 15.0. The van der Waals surface area contributed by atoms with Crippen LogP contribution >= 0.6 is 11.6 Å². The van der Waals surface area contributed by atoms with E-state index in [1.807, 2.05) is 42.5 Å². The summed E-state index contributed by atoms with van der Waals surface area (Å²) in [7, 11) is -0.00324. The summed E-state index contributed by atoms with van der Waals surface area (Å²) >= 11 is 6.19. The Morgan fingerprint density at radius 3 is 2.50 bits per heavy atom. The summed E-state index contributed by atoms with van der Waals surface area (Å²) in [4.78, 5) is 32.9. The zero-order chi connectivity index (χ0) is 31.2. The van der Waals surface area contributed by atoms with Crippen LogP contribution in [-0.2, 0) is 4.79 Å². The third-order valence-corrected chi connectivity index (χ3v) is 7.98. The minimum atomic E-state index is -1.63. The molecule has 0 spiro atoms. The minimum absolute atomic E-state index is 0.0520. The van der Waals surface area contributed by atoms with Crippen LogP contribution in [0.5, 0.6) is 5.75 Å². The molecule has 13 heteroatoms. The number of aliphatic imine (C=N–C) groups is 1. The van der Waals surface area contributed by atoms with Crippen LogP contribution in [0.2, 0.25) is 5.02 Å². The maximum atomic E-state index is 13.2. The van der Waals surface area contributed by atoms with Crippen molar-refractivity contribution in [1.29, 1.82) is 0 Å². The highest BCUT2D eigenvalue weighted by molar-refractivity contribution is 6.58. The van der Waals surface area contributed by atoms with Crippen LogP contribution < -0.4 is 36.6 Å². The third-order valence-electron chi connectivity index (χ3n) is 7.72. The minimum Gasteiger partial charge on any atom is -0.497 e. The topological polar surface area (TPSA) is 148 Å². The van der Waals surface area contributed by atoms with E-state index in [-0.39, 0.29) is 36.0 Å². The van der Waals surface area contributed by atoms with Crippen molar-refractivity contribution in [3.63, 3.8) is 0 Å². The van der Waals surface area contributed by atoms with E-state index in [4.69, 9.17) is 21.3 Å². The number of methoxy groups -OCH3 is 1. The predicted octanol–water partition coefficient (Wildman–Crippen LogP) is 1.55. The van der Waals surface area contributed by atoms with E-state index in [1.54, 1.807) is 19.2 Å². The number of fused-ring (bicyclic) bond motifs is 3. The number of nitrogens with one attached hydrogen (secondary N) is 4. The molecule has 11 nitrogen and oxygen atoms in total. The first-order chi connectivity index (χ1) is 21.2. The number of carbonyl (C=O) groups is 2. The lowest BCUT2D eigenvalue weighted by Gasteiger charge is -2.31. The van der Waals surface area contributed by atoms with Gasteiger partial charge in [-0.3, -0.25) is 14.6 Å². The summed E-state index contributed by atoms with van der Waals surface area (Å²) < 4.78 is 5.54. The van der Waals surface area contributed by atoms with Crippen molar-refractivity contribution in [3.05, 3.63) is 88.4 Å². The Bertz CT molecular complexity index is 1520. The summed E-state index contributed by atoms with van der Waals surface area (Å²) in [6, 6.07) is 19.2. The van der Waals surface area contributed by atoms with Crippen molar-refractivity contribution in [2.75, 3.05) is 25.1 Å². The van der Waals surface area contributed by atoms with Crippen molar-refractivity contribution < 1.29 is 24.4 Å². The molecule has 0 aliphatic carbocycles. The number of rotatable bonds is 11. The molecule has 0 bridgehead atoms. The fourth-order valence-electron chi connectivity index (χ4n) is 5.47. The van der Waals surface area contributed by atoms with Gasteiger partial charge in [0.15, 0.2) is 0 Å². The summed E-state index contributed by atoms with van der Waals surface area (Å²) in [5.74, 6) is 0.288. The van der Waals surface area contributed by atoms with Gasteiger partial charge >= 0.3 is 7.12 Å². The number of halogens is 1. The molecule has 3 unspecified atom stereocenters. The first kappa shape index (κ1) is 31.5. The second kappa shape index (κ2) is 14.2. The van der Waals surface area contributed by atoms with Gasteiger partial charge in [0.05, 0.1) is 31.4 Å². The molecule has 2 aliphatic rings. The first-order valence-electron chi connectivity index (χ1n) is 14.6. The number of ether oxygens (including phenoxy) is 1. The molecule has 0 saturated carbocycles. The molecular formula is C31H36BClN6O5. The molecule has 1 fully saturated rings. The van der Waals surface area contributed by atoms with Gasteiger partial charge in [0, 0.05) is 40.5 Å². The van der Waals surface area contributed by atoms with Gasteiger partial charge in [-0.2, -0.15) is 0 Å². The van der Waals surface area contributed by atoms with Gasteiger partial charge in [0.1, 0.15) is 11.9 Å². The smallest absolute Gasteiger partial charge is 0.488 e. The highest BCUT2D eigenvalue weighted by Crippen LogP contribution is 2.36. The molecule has 3 aromatic carbocycles. The standard InChI is InChI=1S/C31H36BClN6O5/c1-19-37-38-30-26(18-28(40)34-14-3-4-15-35-31(41)21-6-5-7-22(16-21)32(42)43)36-29(20-8-10-23(33)11-9-20)25-17-24(44-2)12-13-27(25)39(19)30/h5-13,16-17,19,26,30,37-38,42-43H,3-4,14-15,18H2,1-2H3,(H,34,40)(H,35,41). The molecule has 1 saturated heterocycles. The lowest BCUT2D eigenvalue weighted by atomic mass is 9.79. The molecule has 2 amide bonds. The molecule has 230 valence electrons. The number of hydrogen-bond acceptors (Lipinski definition) is 9. The lowest BCUT2D eigenvalue weighted by Crippen LogP contribution is -2.47. The van der Waals surface area contributed by atoms with Gasteiger partial charge in [-0.15, -0.1) is 0 Å². The average Bonchev–Trinajstić information content (AvgIpc) is 3.35. The summed E-state index contributed by atoms with van der Waals surface area (Å²) in [6.45, 7) is 2.93. The Morgan fingerprint density at radius 2 is 1.77 bits per heavy atom. The van der Waals surface area contributed by atoms with E-state index in [2.05, 4.69) is 33.3 Å². The van der Waals surface area contributed by atoms with Crippen molar-refractivity contribution in [2.45, 2.75) is 44.6 Å². The van der Waals surface area contributed by atoms with E-state index >= 15 is 0 Å². The average molecular weight is 619 g/mol. The molecule has 6 N–H and O–H groups in total. The maximum Gasteiger partial charge on any atom is 0.488 e. The van der Waals surface area contributed by atoms with Crippen LogP contribution in [0.25, 0.3) is 0 Å². The normalized spacial score (nSPS) is 18.9. The van der Waals surface area contributed by atoms with Gasteiger partial charge in [0.25, 0.3) is 5.91 Å². The summed E-state index contributed by atoms with van der Waals surface area (Å²) in [5, 5.41) is 25.1. The number of hydrogen-bond donors (Lipinski definition) is 6. The number of nitrogens with zero attached hydrogens (tertiary/aromatic N) is 2. The van der Waals surface area contributed by atoms with Crippen molar-refractivity contribution >= 4 is 47.4 Å². The van der Waals surface area contributed by atoms with E-state index in [1.165, 1.54) is 12.1 Å². The van der Waals surface area contributed by atoms with Gasteiger partial charge in [-0.1, -0.05) is 35.9 Å². The number of unbranched alkanes of at least 4 members (excludes halogenated alkanes) is 1. The second-order valence-corrected chi connectivity index (χ2v) is 11.2. The van der Waals surface area contributed by atoms with E-state index in [0.717, 1.165) is 22.5 Å². The highest BCUT2D eigenvalue weighted by atomic mass is 35.5. The van der Waals surface area contributed by atoms with Gasteiger partial charge in [0.2, 0.25) is 5.91 Å². The van der Waals surface area contributed by atoms with Crippen LogP contribution in [0.4, 0.5) is 5.69 Å². The van der Waals surface area contributed by atoms with Crippen molar-refractivity contribution in [2.24, 2.45) is 4.99 Å². The Labute approximate surface area is 261 Å². The highest BCUT2D eigenvalue weighted by Gasteiger charge is 2.40. The molecule has 44 heavy (non-hydrogen) atoms. The third kappa shape index (κ3) is 7.23. The SMILES string of the molecule is COc1ccc2c(c1)C(c1ccc(Cl)cc1)=NC(CC(=O)NCCCCNC(=O)c1cccc(B(O)O)c1)C1NNC(C)N21. The lowest BCUT2D eigenvalue weighted by molar-refractivity contribution is -0.121. The zero-order valence-corrected chi connectivity index (χ0v) is 25.3. The van der Waals surface area contributed by atoms with Crippen LogP contribution in [-0.4, -0.2) is 73.3 Å². The van der Waals surface area contributed by atoms with E-state index in [0.29, 0.717) is 42.3 Å². The fraction of sp³-hybridized carbons (Fsp3) is 0.323. The molecule has 0 radical (unpaired) electrons. The number of hydrazine groups is 1. The van der Waals surface area contributed by atoms with Crippen molar-refractivity contribution in [3.8, 4) is 5.75 Å². The Hall–Kier alpha value is -3.94. The summed E-state index contributed by atoms with van der Waals surface area (Å²) in [6.07, 6.45) is 1.17. The predicted molar refractivity (Wildman–Crippen MR) is 171 cm³/mol. The van der Waals surface area contributed by atoms with Crippen LogP contribution in [0.3, 0.4) is 0 Å². The Balaban J connectivity index is 1.23. The molecular weight excluding hydrogens is 583 g/mol. The molecule has 5 rings (SSSR count). The van der Waals surface area contributed by atoms with Crippen LogP contribution in [0, 0.1) is 0 Å². The van der Waals surface area contributed by atoms with Gasteiger partial charge < -0.3 is 30.3 Å². The number of anilines is 1. The molecule has 3 atom stereocenters. The Kier molecular flexibility index (Phi) is 10.2. The maximum absolute atomic E-state index is 13.2. The van der Waals surface area contributed by atoms with Crippen molar-refractivity contribution in [1.82, 2.24) is 21.5 Å². The fourth-order valence-corrected chi connectivity index (χ4v) is 5.59. The van der Waals surface area contributed by atoms with Gasteiger partial charge in [-0.25, -0.2) is 10.9 Å². The molecule has 3 aromatic rings. The number of benzene rings is 3. The molecule has 0 aromatic heterocycles. The van der Waals surface area contributed by atoms with Crippen LogP contribution in [0.15, 0.2) is 71.7 Å². The number of amides is 2. The van der Waals surface area contributed by atoms with E-state index < -0.39 is 13.2 Å². The number of carbonyl (C=O) groups excluding carboxylic acids is 2. The van der Waals surface area contributed by atoms with Crippen LogP contribution in [0.1, 0.15) is 47.7 Å². The second-order valence-electron chi connectivity index (χ2n) is 10.8. The van der Waals surface area contributed by atoms with E-state index in [9.17, 15) is 19.6 Å². The monoisotopic (exact) mass is 618 g/mol. The largest absolute Gasteiger partial charge is 0.497 e. The molecule has 2 heterocycles. The summed E-state index contributed by atoms with van der Waals surface area (Å²) in [5.41, 5.74) is 10.7. The quantitative estimate of drug-likeness (QED) is 0.140. The molecule has 2 aliphatic heterocycles.